The van der Waals surface area contributed by atoms with Crippen LogP contribution in [0.5, 0.6) is 5.75 Å². The van der Waals surface area contributed by atoms with Gasteiger partial charge >= 0.3 is 17.9 Å². The highest BCUT2D eigenvalue weighted by Crippen LogP contribution is 2.41. The van der Waals surface area contributed by atoms with E-state index in [2.05, 4.69) is 19.8 Å². The highest BCUT2D eigenvalue weighted by molar-refractivity contribution is 8.00. The average molecular weight is 696 g/mol. The van der Waals surface area contributed by atoms with Crippen molar-refractivity contribution >= 4 is 63.9 Å². The number of rotatable bonds is 13. The minimum absolute atomic E-state index is 0.0174. The monoisotopic (exact) mass is 695 g/mol. The van der Waals surface area contributed by atoms with E-state index in [0.29, 0.717) is 5.57 Å². The first-order valence-electron chi connectivity index (χ1n) is 13.6. The fraction of sp³-hybridized carbons (Fsp3) is 0.423. The number of β-lactam (4-membered cyclic amide) rings is 1. The lowest BCUT2D eigenvalue weighted by atomic mass is 10.0. The Kier molecular flexibility index (Phi) is 9.64. The van der Waals surface area contributed by atoms with Gasteiger partial charge in [-0.1, -0.05) is 5.16 Å². The summed E-state index contributed by atoms with van der Waals surface area (Å²) in [5, 5.41) is 44.0. The maximum absolute atomic E-state index is 13.3. The van der Waals surface area contributed by atoms with Crippen LogP contribution in [-0.4, -0.2) is 129 Å². The summed E-state index contributed by atoms with van der Waals surface area (Å²) in [5.74, 6) is -6.53. The molecule has 2 aromatic rings. The number of pyridine rings is 1. The number of carboxylic acids is 3. The van der Waals surface area contributed by atoms with Gasteiger partial charge in [-0.25, -0.2) is 14.4 Å². The summed E-state index contributed by atoms with van der Waals surface area (Å²) >= 11 is 1.95. The Morgan fingerprint density at radius 2 is 1.87 bits per heavy atom. The van der Waals surface area contributed by atoms with Crippen molar-refractivity contribution in [1.29, 1.82) is 0 Å². The standard InChI is InChI=1S/C26H30N8O11S2/c1-26(2,24(43)44)45-30-15(18-29-25(27)47-31-18)19(37)28-16-20(38)33-17(23(41)42)11(10-46-21(16)33)9-34(3,4)6-5-32-8-14(36)13(35)7-12(32)22(39)40/h7-8,16,21H,5-6,9-10H2,1-4H3,(H6-,27,28,29,31,36,37,39,40,41,42,43,44)/p+1/b30-15+/t16-,21?/m1/s1. The molecule has 2 aliphatic rings. The van der Waals surface area contributed by atoms with Gasteiger partial charge in [-0.2, -0.15) is 9.36 Å². The van der Waals surface area contributed by atoms with Gasteiger partial charge in [0, 0.05) is 28.9 Å². The number of carbonyl (C=O) groups excluding carboxylic acids is 2. The van der Waals surface area contributed by atoms with Crippen molar-refractivity contribution < 1.29 is 53.7 Å². The number of carboxylic acid groups (broad SMARTS) is 3. The van der Waals surface area contributed by atoms with Gasteiger partial charge in [-0.05, 0) is 13.8 Å². The first kappa shape index (κ1) is 34.8. The van der Waals surface area contributed by atoms with Crippen molar-refractivity contribution in [2.45, 2.75) is 37.4 Å². The zero-order chi connectivity index (χ0) is 35.0. The van der Waals surface area contributed by atoms with Gasteiger partial charge in [0.25, 0.3) is 11.8 Å². The van der Waals surface area contributed by atoms with Crippen LogP contribution in [-0.2, 0) is 30.6 Å². The first-order valence-corrected chi connectivity index (χ1v) is 15.4. The number of aliphatic carboxylic acids is 2. The van der Waals surface area contributed by atoms with E-state index < -0.39 is 63.6 Å². The number of amides is 2. The molecule has 47 heavy (non-hydrogen) atoms. The van der Waals surface area contributed by atoms with E-state index in [-0.39, 0.29) is 52.2 Å². The van der Waals surface area contributed by atoms with Gasteiger partial charge in [0.2, 0.25) is 22.6 Å². The summed E-state index contributed by atoms with van der Waals surface area (Å²) < 4.78 is 5.26. The highest BCUT2D eigenvalue weighted by Gasteiger charge is 2.55. The van der Waals surface area contributed by atoms with E-state index in [1.807, 2.05) is 0 Å². The van der Waals surface area contributed by atoms with Crippen LogP contribution >= 0.6 is 23.3 Å². The second-order valence-electron chi connectivity index (χ2n) is 11.6. The Morgan fingerprint density at radius 1 is 1.19 bits per heavy atom. The average Bonchev–Trinajstić information content (AvgIpc) is 3.41. The van der Waals surface area contributed by atoms with Crippen LogP contribution in [0, 0.1) is 0 Å². The van der Waals surface area contributed by atoms with E-state index in [1.54, 1.807) is 14.1 Å². The van der Waals surface area contributed by atoms with E-state index in [1.165, 1.54) is 30.2 Å². The molecule has 4 rings (SSSR count). The molecule has 2 aliphatic heterocycles. The van der Waals surface area contributed by atoms with E-state index >= 15 is 0 Å². The lowest BCUT2D eigenvalue weighted by Gasteiger charge is -2.49. The number of oxime groups is 1. The quantitative estimate of drug-likeness (QED) is 0.0620. The minimum atomic E-state index is -1.83. The van der Waals surface area contributed by atoms with E-state index in [0.717, 1.165) is 28.7 Å². The number of carbonyl (C=O) groups is 5. The molecule has 1 fully saturated rings. The van der Waals surface area contributed by atoms with Crippen LogP contribution in [0.3, 0.4) is 0 Å². The number of aromatic carboxylic acids is 1. The fourth-order valence-corrected chi connectivity index (χ4v) is 6.40. The maximum Gasteiger partial charge on any atom is 0.352 e. The summed E-state index contributed by atoms with van der Waals surface area (Å²) in [6, 6.07) is -0.366. The molecule has 2 aromatic heterocycles. The lowest BCUT2D eigenvalue weighted by Crippen LogP contribution is -2.71. The summed E-state index contributed by atoms with van der Waals surface area (Å²) in [6.45, 7) is 2.84. The van der Waals surface area contributed by atoms with Gasteiger partial charge in [-0.15, -0.1) is 11.8 Å². The number of aromatic hydroxyl groups is 1. The first-order chi connectivity index (χ1) is 21.8. The number of anilines is 1. The molecule has 0 aromatic carbocycles. The van der Waals surface area contributed by atoms with Crippen LogP contribution < -0.4 is 16.5 Å². The number of nitrogens with two attached hydrogens (primary N) is 1. The number of fused-ring (bicyclic) bond motifs is 1. The molecule has 252 valence electrons. The number of thioether (sulfide) groups is 1. The smallest absolute Gasteiger partial charge is 0.352 e. The summed E-state index contributed by atoms with van der Waals surface area (Å²) in [7, 11) is 3.53. The number of aromatic nitrogens is 3. The van der Waals surface area contributed by atoms with Gasteiger partial charge in [-0.3, -0.25) is 19.3 Å². The fourth-order valence-electron chi connectivity index (χ4n) is 4.63. The molecule has 19 nitrogen and oxygen atoms in total. The number of hydrogen-bond donors (Lipinski definition) is 6. The van der Waals surface area contributed by atoms with Crippen molar-refractivity contribution in [3.63, 3.8) is 0 Å². The molecule has 0 bridgehead atoms. The molecule has 0 radical (unpaired) electrons. The molecule has 0 aliphatic carbocycles. The molecule has 0 spiro atoms. The SMILES string of the molecule is CC(C)(O/N=C(/C(=O)N[C@@H]1C(=O)N2C(C(=O)O)=C(C[N+](C)(C)CCn3cc(O)c(=O)cc3C(=O)O)CSC12)c1nsc(N)n1)C(=O)O. The number of quaternary nitrogens is 1. The highest BCUT2D eigenvalue weighted by atomic mass is 32.2. The normalized spacial score (nSPS) is 18.3. The van der Waals surface area contributed by atoms with Crippen LogP contribution in [0.15, 0.2) is 33.5 Å². The second kappa shape index (κ2) is 13.0. The van der Waals surface area contributed by atoms with Gasteiger partial charge in [0.1, 0.15) is 29.4 Å². The Bertz CT molecular complexity index is 1780. The Hall–Kier alpha value is -5.02. The van der Waals surface area contributed by atoms with Crippen molar-refractivity contribution in [2.24, 2.45) is 5.16 Å². The molecule has 2 amide bonds. The lowest BCUT2D eigenvalue weighted by molar-refractivity contribution is -0.886. The molecule has 4 heterocycles. The van der Waals surface area contributed by atoms with Crippen LogP contribution in [0.2, 0.25) is 0 Å². The Balaban J connectivity index is 1.52. The molecule has 21 heteroatoms. The third-order valence-electron chi connectivity index (χ3n) is 7.18. The van der Waals surface area contributed by atoms with Crippen LogP contribution in [0.4, 0.5) is 5.13 Å². The minimum Gasteiger partial charge on any atom is -0.503 e. The predicted octanol–water partition coefficient (Wildman–Crippen LogP) is -1.22. The maximum atomic E-state index is 13.3. The molecular weight excluding hydrogens is 664 g/mol. The van der Waals surface area contributed by atoms with Crippen LogP contribution in [0.1, 0.15) is 30.2 Å². The van der Waals surface area contributed by atoms with Gasteiger partial charge < -0.3 is 45.4 Å². The summed E-state index contributed by atoms with van der Waals surface area (Å²) in [4.78, 5) is 83.8. The Labute approximate surface area is 273 Å². The van der Waals surface area contributed by atoms with Crippen molar-refractivity contribution in [2.75, 3.05) is 38.7 Å². The van der Waals surface area contributed by atoms with E-state index in [4.69, 9.17) is 10.6 Å². The topological polar surface area (TPSA) is 277 Å². The van der Waals surface area contributed by atoms with Crippen molar-refractivity contribution in [3.8, 4) is 5.75 Å². The van der Waals surface area contributed by atoms with Crippen LogP contribution in [0.25, 0.3) is 0 Å². The third kappa shape index (κ3) is 7.36. The third-order valence-corrected chi connectivity index (χ3v) is 9.06. The Morgan fingerprint density at radius 3 is 2.45 bits per heavy atom. The zero-order valence-electron chi connectivity index (χ0n) is 25.4. The van der Waals surface area contributed by atoms with Crippen molar-refractivity contribution in [3.05, 3.63) is 45.3 Å². The molecule has 7 N–H and O–H groups in total. The second-order valence-corrected chi connectivity index (χ2v) is 13.5. The number of nitrogens with zero attached hydrogens (tertiary/aromatic N) is 6. The largest absolute Gasteiger partial charge is 0.503 e. The molecule has 2 atom stereocenters. The summed E-state index contributed by atoms with van der Waals surface area (Å²) in [6.07, 6.45) is 1.02. The molecule has 0 saturated carbocycles. The molecular formula is C26H31N8O11S2+. The van der Waals surface area contributed by atoms with E-state index in [9.17, 15) is 49.2 Å². The number of nitrogen functional groups attached to an aromatic ring is 1. The summed E-state index contributed by atoms with van der Waals surface area (Å²) in [5.41, 5.74) is 2.24. The van der Waals surface area contributed by atoms with Gasteiger partial charge in [0.05, 0.1) is 33.4 Å². The number of nitrogens with one attached hydrogen (secondary N) is 1. The molecule has 1 saturated heterocycles. The van der Waals surface area contributed by atoms with Gasteiger partial charge in [0.15, 0.2) is 10.9 Å². The van der Waals surface area contributed by atoms with Crippen molar-refractivity contribution in [1.82, 2.24) is 24.1 Å². The molecule has 1 unspecified atom stereocenters. The number of hydrogen-bond acceptors (Lipinski definition) is 14. The number of likely N-dealkylation sites (N-methyl/N-ethyl adjacent to an activating group) is 1. The predicted molar refractivity (Wildman–Crippen MR) is 165 cm³/mol. The zero-order valence-corrected chi connectivity index (χ0v) is 27.0.